The quantitative estimate of drug-likeness (QED) is 0.629. The SMILES string of the molecule is Cc1nc(CO)sc1-c1csc(NC(=O)C2Oc3cc(Cl)c(Cl)cc3O2)n1. The highest BCUT2D eigenvalue weighted by atomic mass is 35.5. The second-order valence-electron chi connectivity index (χ2n) is 5.49. The number of nitrogens with zero attached hydrogens (tertiary/aromatic N) is 2. The number of halogens is 2. The molecular weight excluding hydrogens is 433 g/mol. The van der Waals surface area contributed by atoms with Gasteiger partial charge in [0.2, 0.25) is 0 Å². The fourth-order valence-electron chi connectivity index (χ4n) is 2.41. The van der Waals surface area contributed by atoms with Crippen molar-refractivity contribution in [2.24, 2.45) is 0 Å². The monoisotopic (exact) mass is 443 g/mol. The van der Waals surface area contributed by atoms with Crippen LogP contribution in [0.15, 0.2) is 17.5 Å². The van der Waals surface area contributed by atoms with E-state index in [-0.39, 0.29) is 6.61 Å². The first-order chi connectivity index (χ1) is 12.9. The topological polar surface area (TPSA) is 93.6 Å². The maximum atomic E-state index is 12.4. The Morgan fingerprint density at radius 1 is 1.26 bits per heavy atom. The summed E-state index contributed by atoms with van der Waals surface area (Å²) < 4.78 is 10.9. The molecule has 0 fully saturated rings. The molecule has 3 heterocycles. The first-order valence-corrected chi connectivity index (χ1v) is 10.1. The van der Waals surface area contributed by atoms with Crippen LogP contribution in [0.25, 0.3) is 10.6 Å². The van der Waals surface area contributed by atoms with Crippen LogP contribution in [-0.2, 0) is 11.4 Å². The maximum Gasteiger partial charge on any atom is 0.322 e. The van der Waals surface area contributed by atoms with Gasteiger partial charge in [-0.25, -0.2) is 9.97 Å². The normalized spacial score (nSPS) is 13.2. The number of aromatic nitrogens is 2. The molecule has 0 saturated carbocycles. The number of anilines is 1. The number of aliphatic hydroxyl groups is 1. The second kappa shape index (κ2) is 7.25. The lowest BCUT2D eigenvalue weighted by Gasteiger charge is -2.08. The Labute approximate surface area is 171 Å². The van der Waals surface area contributed by atoms with E-state index in [1.54, 1.807) is 0 Å². The Kier molecular flexibility index (Phi) is 4.95. The smallest absolute Gasteiger partial charge is 0.322 e. The number of aliphatic hydroxyl groups excluding tert-OH is 1. The van der Waals surface area contributed by atoms with Gasteiger partial charge in [0.15, 0.2) is 16.6 Å². The van der Waals surface area contributed by atoms with Gasteiger partial charge in [0.05, 0.1) is 32.9 Å². The fraction of sp³-hybridized carbons (Fsp3) is 0.188. The van der Waals surface area contributed by atoms with Gasteiger partial charge in [-0.1, -0.05) is 23.2 Å². The molecule has 2 aromatic heterocycles. The third-order valence-corrected chi connectivity index (χ3v) is 6.26. The van der Waals surface area contributed by atoms with Crippen molar-refractivity contribution in [1.82, 2.24) is 9.97 Å². The van der Waals surface area contributed by atoms with E-state index in [0.29, 0.717) is 37.4 Å². The minimum absolute atomic E-state index is 0.121. The molecule has 140 valence electrons. The van der Waals surface area contributed by atoms with Gasteiger partial charge in [-0.3, -0.25) is 10.1 Å². The van der Waals surface area contributed by atoms with Gasteiger partial charge in [-0.15, -0.1) is 22.7 Å². The van der Waals surface area contributed by atoms with Gasteiger partial charge in [0.1, 0.15) is 5.01 Å². The van der Waals surface area contributed by atoms with Gasteiger partial charge in [0.25, 0.3) is 0 Å². The lowest BCUT2D eigenvalue weighted by Crippen LogP contribution is -2.34. The molecule has 0 atom stereocenters. The molecule has 3 aromatic rings. The van der Waals surface area contributed by atoms with Gasteiger partial charge in [-0.2, -0.15) is 0 Å². The average molecular weight is 444 g/mol. The van der Waals surface area contributed by atoms with Crippen LogP contribution in [0, 0.1) is 6.92 Å². The average Bonchev–Trinajstić information content (AvgIpc) is 3.33. The van der Waals surface area contributed by atoms with Crippen LogP contribution in [0.1, 0.15) is 10.7 Å². The predicted octanol–water partition coefficient (Wildman–Crippen LogP) is 4.11. The summed E-state index contributed by atoms with van der Waals surface area (Å²) in [6, 6.07) is 3.00. The third kappa shape index (κ3) is 3.61. The number of aryl methyl sites for hydroxylation is 1. The molecule has 0 aliphatic carbocycles. The molecule has 1 aromatic carbocycles. The summed E-state index contributed by atoms with van der Waals surface area (Å²) in [5, 5.41) is 15.3. The minimum atomic E-state index is -1.16. The van der Waals surface area contributed by atoms with Crippen LogP contribution < -0.4 is 14.8 Å². The van der Waals surface area contributed by atoms with Gasteiger partial charge in [0, 0.05) is 17.5 Å². The number of amides is 1. The molecule has 7 nitrogen and oxygen atoms in total. The summed E-state index contributed by atoms with van der Waals surface area (Å²) in [4.78, 5) is 21.9. The van der Waals surface area contributed by atoms with Crippen molar-refractivity contribution in [3.8, 4) is 22.1 Å². The molecule has 1 aliphatic heterocycles. The number of thiazole rings is 2. The number of fused-ring (bicyclic) bond motifs is 1. The fourth-order valence-corrected chi connectivity index (χ4v) is 4.39. The first kappa shape index (κ1) is 18.5. The van der Waals surface area contributed by atoms with Crippen molar-refractivity contribution in [1.29, 1.82) is 0 Å². The molecule has 27 heavy (non-hydrogen) atoms. The van der Waals surface area contributed by atoms with E-state index in [9.17, 15) is 9.90 Å². The maximum absolute atomic E-state index is 12.4. The van der Waals surface area contributed by atoms with E-state index in [0.717, 1.165) is 10.6 Å². The number of hydrogen-bond acceptors (Lipinski definition) is 8. The lowest BCUT2D eigenvalue weighted by atomic mass is 10.3. The number of nitrogens with one attached hydrogen (secondary N) is 1. The van der Waals surface area contributed by atoms with Crippen molar-refractivity contribution in [3.63, 3.8) is 0 Å². The summed E-state index contributed by atoms with van der Waals surface area (Å²) in [7, 11) is 0. The molecule has 0 radical (unpaired) electrons. The lowest BCUT2D eigenvalue weighted by molar-refractivity contribution is -0.131. The molecule has 0 unspecified atom stereocenters. The summed E-state index contributed by atoms with van der Waals surface area (Å²) in [5.41, 5.74) is 1.46. The van der Waals surface area contributed by atoms with Crippen LogP contribution in [0.4, 0.5) is 5.13 Å². The Morgan fingerprint density at radius 3 is 2.52 bits per heavy atom. The zero-order valence-corrected chi connectivity index (χ0v) is 16.8. The Balaban J connectivity index is 1.46. The number of hydrogen-bond donors (Lipinski definition) is 2. The van der Waals surface area contributed by atoms with Crippen molar-refractivity contribution in [2.45, 2.75) is 19.8 Å². The van der Waals surface area contributed by atoms with Crippen molar-refractivity contribution < 1.29 is 19.4 Å². The molecule has 0 saturated heterocycles. The predicted molar refractivity (Wildman–Crippen MR) is 104 cm³/mol. The van der Waals surface area contributed by atoms with Crippen LogP contribution in [0.2, 0.25) is 10.0 Å². The number of carbonyl (C=O) groups excluding carboxylic acids is 1. The van der Waals surface area contributed by atoms with Crippen LogP contribution in [0.3, 0.4) is 0 Å². The van der Waals surface area contributed by atoms with Crippen LogP contribution in [0.5, 0.6) is 11.5 Å². The van der Waals surface area contributed by atoms with E-state index in [4.69, 9.17) is 32.7 Å². The standard InChI is InChI=1S/C16H11Cl2N3O4S2/c1-6-13(27-12(4-22)19-6)9-5-26-16(20-9)21-14(23)15-24-10-2-7(17)8(18)3-11(10)25-15/h2-3,5,15,22H,4H2,1H3,(H,20,21,23). The number of rotatable bonds is 4. The Morgan fingerprint density at radius 2 is 1.93 bits per heavy atom. The summed E-state index contributed by atoms with van der Waals surface area (Å²) in [5.74, 6) is 0.193. The Bertz CT molecular complexity index is 1010. The highest BCUT2D eigenvalue weighted by Crippen LogP contribution is 2.41. The van der Waals surface area contributed by atoms with E-state index in [2.05, 4.69) is 15.3 Å². The first-order valence-electron chi connectivity index (χ1n) is 7.61. The third-order valence-electron chi connectivity index (χ3n) is 3.61. The number of benzene rings is 1. The highest BCUT2D eigenvalue weighted by molar-refractivity contribution is 7.17. The van der Waals surface area contributed by atoms with Gasteiger partial charge in [-0.05, 0) is 6.92 Å². The Hall–Kier alpha value is -1.91. The van der Waals surface area contributed by atoms with E-state index < -0.39 is 12.2 Å². The summed E-state index contributed by atoms with van der Waals surface area (Å²) in [6.45, 7) is 1.72. The number of ether oxygens (including phenoxy) is 2. The molecule has 4 rings (SSSR count). The summed E-state index contributed by atoms with van der Waals surface area (Å²) >= 11 is 14.5. The highest BCUT2D eigenvalue weighted by Gasteiger charge is 2.32. The zero-order valence-electron chi connectivity index (χ0n) is 13.7. The van der Waals surface area contributed by atoms with Crippen LogP contribution >= 0.6 is 45.9 Å². The molecule has 1 aliphatic rings. The van der Waals surface area contributed by atoms with Crippen molar-refractivity contribution in [3.05, 3.63) is 38.3 Å². The zero-order chi connectivity index (χ0) is 19.1. The van der Waals surface area contributed by atoms with E-state index >= 15 is 0 Å². The molecule has 1 amide bonds. The number of carbonyl (C=O) groups is 1. The van der Waals surface area contributed by atoms with Gasteiger partial charge >= 0.3 is 12.2 Å². The molecule has 2 N–H and O–H groups in total. The van der Waals surface area contributed by atoms with Crippen molar-refractivity contribution in [2.75, 3.05) is 5.32 Å². The van der Waals surface area contributed by atoms with E-state index in [1.165, 1.54) is 34.8 Å². The van der Waals surface area contributed by atoms with E-state index in [1.807, 2.05) is 12.3 Å². The minimum Gasteiger partial charge on any atom is -0.442 e. The largest absolute Gasteiger partial charge is 0.442 e. The van der Waals surface area contributed by atoms with Crippen LogP contribution in [-0.4, -0.2) is 27.3 Å². The molecule has 11 heteroatoms. The molecule has 0 bridgehead atoms. The molecule has 0 spiro atoms. The van der Waals surface area contributed by atoms with Crippen molar-refractivity contribution >= 4 is 56.9 Å². The molecular formula is C16H11Cl2N3O4S2. The van der Waals surface area contributed by atoms with Gasteiger partial charge < -0.3 is 14.6 Å². The summed E-state index contributed by atoms with van der Waals surface area (Å²) in [6.07, 6.45) is -1.16. The second-order valence-corrected chi connectivity index (χ2v) is 8.24.